The lowest BCUT2D eigenvalue weighted by Crippen LogP contribution is -2.28. The third-order valence-electron chi connectivity index (χ3n) is 6.72. The summed E-state index contributed by atoms with van der Waals surface area (Å²) in [4.78, 5) is 27.2. The van der Waals surface area contributed by atoms with Crippen molar-refractivity contribution >= 4 is 52.2 Å². The summed E-state index contributed by atoms with van der Waals surface area (Å²) in [6.45, 7) is 0.0771. The maximum Gasteiger partial charge on any atom is 0.287 e. The lowest BCUT2D eigenvalue weighted by molar-refractivity contribution is -0.130. The van der Waals surface area contributed by atoms with Crippen LogP contribution in [0.25, 0.3) is 5.69 Å². The third kappa shape index (κ3) is 6.36. The zero-order valence-corrected chi connectivity index (χ0v) is 25.2. The molecule has 10 nitrogen and oxygen atoms in total. The number of methoxy groups -OCH3 is 1. The summed E-state index contributed by atoms with van der Waals surface area (Å²) in [5, 5.41) is 20.8. The highest BCUT2D eigenvalue weighted by atomic mass is 35.5. The number of amides is 2. The van der Waals surface area contributed by atoms with Crippen molar-refractivity contribution in [2.24, 2.45) is 5.10 Å². The molecule has 1 atom stereocenters. The minimum absolute atomic E-state index is 0.0608. The second kappa shape index (κ2) is 12.9. The van der Waals surface area contributed by atoms with Crippen LogP contribution in [0.2, 0.25) is 5.02 Å². The summed E-state index contributed by atoms with van der Waals surface area (Å²) in [5.41, 5.74) is 2.53. The van der Waals surface area contributed by atoms with Gasteiger partial charge in [0.1, 0.15) is 5.75 Å². The van der Waals surface area contributed by atoms with Gasteiger partial charge in [-0.2, -0.15) is 5.10 Å². The van der Waals surface area contributed by atoms with Crippen LogP contribution in [0, 0.1) is 0 Å². The first kappa shape index (κ1) is 28.7. The van der Waals surface area contributed by atoms with E-state index < -0.39 is 0 Å². The van der Waals surface area contributed by atoms with Crippen LogP contribution in [0.15, 0.2) is 99.1 Å². The van der Waals surface area contributed by atoms with Crippen molar-refractivity contribution < 1.29 is 18.7 Å². The molecule has 13 heteroatoms. The maximum absolute atomic E-state index is 13.7. The number of nitrogens with zero attached hydrogens (tertiary/aromatic N) is 5. The van der Waals surface area contributed by atoms with Crippen molar-refractivity contribution in [1.82, 2.24) is 25.1 Å². The van der Waals surface area contributed by atoms with E-state index in [1.165, 1.54) is 18.0 Å². The fourth-order valence-electron chi connectivity index (χ4n) is 4.65. The number of rotatable bonds is 10. The molecule has 0 spiro atoms. The van der Waals surface area contributed by atoms with E-state index in [2.05, 4.69) is 15.5 Å². The van der Waals surface area contributed by atoms with Crippen molar-refractivity contribution in [3.8, 4) is 11.4 Å². The summed E-state index contributed by atoms with van der Waals surface area (Å²) in [6, 6.07) is 21.8. The Morgan fingerprint density at radius 2 is 1.98 bits per heavy atom. The fraction of sp³-hybridized carbons (Fsp3) is 0.167. The number of carbonyl (C=O) groups excluding carboxylic acids is 2. The van der Waals surface area contributed by atoms with Crippen LogP contribution in [-0.2, 0) is 11.3 Å². The van der Waals surface area contributed by atoms with E-state index in [0.29, 0.717) is 28.1 Å². The number of carbonyl (C=O) groups is 2. The SMILES string of the molecule is COc1ccc(C2CC(c3cccs3)=NN2C(=O)CSc2nnc(CNC(=O)c3ccco3)n2-c2cccc(Cl)c2)cc1. The van der Waals surface area contributed by atoms with E-state index in [4.69, 9.17) is 25.9 Å². The number of hydrazone groups is 1. The van der Waals surface area contributed by atoms with Crippen LogP contribution in [0.3, 0.4) is 0 Å². The predicted octanol–water partition coefficient (Wildman–Crippen LogP) is 5.98. The largest absolute Gasteiger partial charge is 0.497 e. The van der Waals surface area contributed by atoms with Crippen molar-refractivity contribution in [2.75, 3.05) is 12.9 Å². The molecule has 218 valence electrons. The highest BCUT2D eigenvalue weighted by Crippen LogP contribution is 2.35. The number of thioether (sulfide) groups is 1. The number of benzene rings is 2. The molecule has 0 radical (unpaired) electrons. The number of halogens is 1. The van der Waals surface area contributed by atoms with Crippen LogP contribution in [0.5, 0.6) is 5.75 Å². The summed E-state index contributed by atoms with van der Waals surface area (Å²) in [5.74, 6) is 0.899. The van der Waals surface area contributed by atoms with Gasteiger partial charge in [0.15, 0.2) is 16.7 Å². The molecule has 0 saturated carbocycles. The van der Waals surface area contributed by atoms with Crippen LogP contribution in [-0.4, -0.2) is 50.2 Å². The van der Waals surface area contributed by atoms with Crippen molar-refractivity contribution in [1.29, 1.82) is 0 Å². The maximum atomic E-state index is 13.7. The molecule has 6 rings (SSSR count). The first-order valence-electron chi connectivity index (χ1n) is 13.2. The Labute approximate surface area is 260 Å². The molecule has 0 saturated heterocycles. The predicted molar refractivity (Wildman–Crippen MR) is 165 cm³/mol. The van der Waals surface area contributed by atoms with Gasteiger partial charge >= 0.3 is 0 Å². The molecule has 43 heavy (non-hydrogen) atoms. The average Bonchev–Trinajstić information content (AvgIpc) is 3.85. The van der Waals surface area contributed by atoms with Gasteiger partial charge in [-0.15, -0.1) is 21.5 Å². The molecular weight excluding hydrogens is 608 g/mol. The van der Waals surface area contributed by atoms with Gasteiger partial charge in [-0.25, -0.2) is 5.01 Å². The Morgan fingerprint density at radius 1 is 1.12 bits per heavy atom. The second-order valence-electron chi connectivity index (χ2n) is 9.42. The van der Waals surface area contributed by atoms with E-state index in [1.54, 1.807) is 52.3 Å². The molecule has 1 aliphatic heterocycles. The van der Waals surface area contributed by atoms with Gasteiger partial charge in [-0.3, -0.25) is 14.2 Å². The summed E-state index contributed by atoms with van der Waals surface area (Å²) in [7, 11) is 1.62. The number of furan rings is 1. The van der Waals surface area contributed by atoms with Gasteiger partial charge in [-0.05, 0) is 59.5 Å². The molecule has 2 aromatic carbocycles. The highest BCUT2D eigenvalue weighted by molar-refractivity contribution is 7.99. The standard InChI is InChI=1S/C30H25ClN6O4S2/c1-40-22-11-9-19(10-12-22)24-16-23(26-8-4-14-42-26)35-37(24)28(38)18-43-30-34-33-27(17-32-29(39)25-7-3-13-41-25)36(30)21-6-2-5-20(31)15-21/h2-15,24H,16-18H2,1H3,(H,32,39). The number of aromatic nitrogens is 3. The van der Waals surface area contributed by atoms with Crippen molar-refractivity contribution in [3.05, 3.63) is 111 Å². The van der Waals surface area contributed by atoms with Gasteiger partial charge in [0, 0.05) is 11.4 Å². The van der Waals surface area contributed by atoms with E-state index in [9.17, 15) is 9.59 Å². The van der Waals surface area contributed by atoms with Crippen molar-refractivity contribution in [2.45, 2.75) is 24.2 Å². The molecule has 1 N–H and O–H groups in total. The Morgan fingerprint density at radius 3 is 2.70 bits per heavy atom. The fourth-order valence-corrected chi connectivity index (χ4v) is 6.38. The zero-order chi connectivity index (χ0) is 29.8. The minimum Gasteiger partial charge on any atom is -0.497 e. The smallest absolute Gasteiger partial charge is 0.287 e. The van der Waals surface area contributed by atoms with Gasteiger partial charge < -0.3 is 14.5 Å². The van der Waals surface area contributed by atoms with E-state index >= 15 is 0 Å². The molecule has 3 aromatic heterocycles. The molecule has 5 aromatic rings. The van der Waals surface area contributed by atoms with Crippen LogP contribution in [0.1, 0.15) is 39.3 Å². The number of ether oxygens (including phenoxy) is 1. The summed E-state index contributed by atoms with van der Waals surface area (Å²) >= 11 is 9.13. The molecule has 2 amide bonds. The quantitative estimate of drug-likeness (QED) is 0.188. The van der Waals surface area contributed by atoms with E-state index in [0.717, 1.165) is 21.9 Å². The highest BCUT2D eigenvalue weighted by Gasteiger charge is 2.33. The Kier molecular flexibility index (Phi) is 8.59. The number of hydrogen-bond acceptors (Lipinski definition) is 9. The Hall–Kier alpha value is -4.39. The summed E-state index contributed by atoms with van der Waals surface area (Å²) < 4.78 is 12.3. The van der Waals surface area contributed by atoms with Crippen molar-refractivity contribution in [3.63, 3.8) is 0 Å². The minimum atomic E-state index is -0.381. The summed E-state index contributed by atoms with van der Waals surface area (Å²) in [6.07, 6.45) is 2.03. The van der Waals surface area contributed by atoms with Gasteiger partial charge in [0.25, 0.3) is 11.8 Å². The van der Waals surface area contributed by atoms with Crippen LogP contribution in [0.4, 0.5) is 0 Å². The molecule has 1 aliphatic rings. The third-order valence-corrected chi connectivity index (χ3v) is 8.78. The number of thiophene rings is 1. The Bertz CT molecular complexity index is 1750. The molecule has 0 aliphatic carbocycles. The molecule has 1 unspecified atom stereocenters. The van der Waals surface area contributed by atoms with Gasteiger partial charge in [0.05, 0.1) is 48.0 Å². The number of nitrogens with one attached hydrogen (secondary N) is 1. The molecule has 0 fully saturated rings. The first-order valence-corrected chi connectivity index (χ1v) is 15.5. The number of hydrogen-bond donors (Lipinski definition) is 1. The van der Waals surface area contributed by atoms with Crippen LogP contribution < -0.4 is 10.1 Å². The normalized spacial score (nSPS) is 14.5. The lowest BCUT2D eigenvalue weighted by atomic mass is 10.0. The average molecular weight is 633 g/mol. The molecule has 0 bridgehead atoms. The monoisotopic (exact) mass is 632 g/mol. The van der Waals surface area contributed by atoms with E-state index in [-0.39, 0.29) is 35.9 Å². The topological polar surface area (TPSA) is 115 Å². The molecule has 4 heterocycles. The second-order valence-corrected chi connectivity index (χ2v) is 11.7. The molecular formula is C30H25ClN6O4S2. The van der Waals surface area contributed by atoms with Gasteiger partial charge in [-0.1, -0.05) is 47.6 Å². The first-order chi connectivity index (χ1) is 21.0. The Balaban J connectivity index is 1.24. The van der Waals surface area contributed by atoms with Gasteiger partial charge in [0.2, 0.25) is 0 Å². The lowest BCUT2D eigenvalue weighted by Gasteiger charge is -2.22. The zero-order valence-electron chi connectivity index (χ0n) is 22.8. The van der Waals surface area contributed by atoms with Crippen LogP contribution >= 0.6 is 34.7 Å². The van der Waals surface area contributed by atoms with E-state index in [1.807, 2.05) is 53.9 Å².